The molecule has 1 nitrogen and oxygen atoms in total. The Bertz CT molecular complexity index is 118. The van der Waals surface area contributed by atoms with Gasteiger partial charge >= 0.3 is 0 Å². The van der Waals surface area contributed by atoms with Crippen molar-refractivity contribution in [3.8, 4) is 0 Å². The zero-order chi connectivity index (χ0) is 10.3. The Balaban J connectivity index is 3.79. The number of rotatable bonds is 7. The van der Waals surface area contributed by atoms with Crippen LogP contribution in [0, 0.1) is 5.92 Å². The van der Waals surface area contributed by atoms with Crippen molar-refractivity contribution in [2.24, 2.45) is 5.92 Å². The van der Waals surface area contributed by atoms with Crippen LogP contribution in [0.25, 0.3) is 0 Å². The van der Waals surface area contributed by atoms with Crippen LogP contribution >= 0.6 is 0 Å². The Labute approximate surface area is 85.3 Å². The topological polar surface area (TPSA) is 12.0 Å². The van der Waals surface area contributed by atoms with E-state index in [1.165, 1.54) is 25.4 Å². The van der Waals surface area contributed by atoms with Gasteiger partial charge in [-0.2, -0.15) is 0 Å². The highest BCUT2D eigenvalue weighted by Crippen LogP contribution is 2.20. The highest BCUT2D eigenvalue weighted by molar-refractivity contribution is 6.76. The first-order valence-corrected chi connectivity index (χ1v) is 9.41. The van der Waals surface area contributed by atoms with Gasteiger partial charge in [0, 0.05) is 8.07 Å². The molecule has 1 N–H and O–H groups in total. The van der Waals surface area contributed by atoms with E-state index in [1.807, 2.05) is 0 Å². The largest absolute Gasteiger partial charge is 0.317 e. The first-order valence-electron chi connectivity index (χ1n) is 5.70. The van der Waals surface area contributed by atoms with Gasteiger partial charge in [-0.3, -0.25) is 0 Å². The maximum atomic E-state index is 3.48. The lowest BCUT2D eigenvalue weighted by Crippen LogP contribution is -2.30. The van der Waals surface area contributed by atoms with Crippen molar-refractivity contribution in [2.75, 3.05) is 13.1 Å². The minimum atomic E-state index is -0.848. The predicted octanol–water partition coefficient (Wildman–Crippen LogP) is 3.35. The molecule has 13 heavy (non-hydrogen) atoms. The molecule has 0 heterocycles. The van der Waals surface area contributed by atoms with Crippen LogP contribution < -0.4 is 5.32 Å². The summed E-state index contributed by atoms with van der Waals surface area (Å²) in [5.74, 6) is 0.927. The van der Waals surface area contributed by atoms with Crippen molar-refractivity contribution in [1.82, 2.24) is 5.32 Å². The van der Waals surface area contributed by atoms with Gasteiger partial charge in [0.2, 0.25) is 0 Å². The molecule has 0 spiro atoms. The Morgan fingerprint density at radius 3 is 2.15 bits per heavy atom. The maximum Gasteiger partial charge on any atom is 0.0445 e. The van der Waals surface area contributed by atoms with Crippen LogP contribution in [0.5, 0.6) is 0 Å². The van der Waals surface area contributed by atoms with E-state index in [0.717, 1.165) is 12.5 Å². The molecule has 0 saturated heterocycles. The quantitative estimate of drug-likeness (QED) is 0.623. The van der Waals surface area contributed by atoms with Crippen molar-refractivity contribution in [1.29, 1.82) is 0 Å². The highest BCUT2D eigenvalue weighted by atomic mass is 28.3. The first-order chi connectivity index (χ1) is 5.99. The Kier molecular flexibility index (Phi) is 6.69. The first kappa shape index (κ1) is 13.2. The Morgan fingerprint density at radius 2 is 1.77 bits per heavy atom. The molecule has 0 aromatic heterocycles. The van der Waals surface area contributed by atoms with E-state index in [4.69, 9.17) is 0 Å². The van der Waals surface area contributed by atoms with Gasteiger partial charge in [0.05, 0.1) is 0 Å². The second-order valence-electron chi connectivity index (χ2n) is 5.23. The van der Waals surface area contributed by atoms with Crippen molar-refractivity contribution < 1.29 is 0 Å². The summed E-state index contributed by atoms with van der Waals surface area (Å²) in [6, 6.07) is 1.48. The normalized spacial score (nSPS) is 14.5. The number of hydrogen-bond donors (Lipinski definition) is 1. The Hall–Kier alpha value is 0.177. The fraction of sp³-hybridized carbons (Fsp3) is 1.00. The fourth-order valence-corrected chi connectivity index (χ4v) is 3.98. The summed E-state index contributed by atoms with van der Waals surface area (Å²) < 4.78 is 0. The molecule has 2 heteroatoms. The van der Waals surface area contributed by atoms with Crippen LogP contribution in [0.3, 0.4) is 0 Å². The molecule has 1 atom stereocenters. The Morgan fingerprint density at radius 1 is 1.15 bits per heavy atom. The minimum Gasteiger partial charge on any atom is -0.317 e. The van der Waals surface area contributed by atoms with E-state index in [2.05, 4.69) is 38.8 Å². The smallest absolute Gasteiger partial charge is 0.0445 e. The second-order valence-corrected chi connectivity index (χ2v) is 10.8. The van der Waals surface area contributed by atoms with Crippen molar-refractivity contribution in [2.45, 2.75) is 52.4 Å². The van der Waals surface area contributed by atoms with E-state index < -0.39 is 8.07 Å². The predicted molar refractivity (Wildman–Crippen MR) is 65.1 cm³/mol. The molecule has 0 rings (SSSR count). The summed E-state index contributed by atoms with van der Waals surface area (Å²) in [6.45, 7) is 14.3. The van der Waals surface area contributed by atoms with Gasteiger partial charge in [0.15, 0.2) is 0 Å². The summed E-state index contributed by atoms with van der Waals surface area (Å²) in [4.78, 5) is 0. The van der Waals surface area contributed by atoms with Crippen LogP contribution in [-0.2, 0) is 0 Å². The minimum absolute atomic E-state index is 0.848. The lowest BCUT2D eigenvalue weighted by molar-refractivity contribution is 0.478. The molecule has 0 saturated carbocycles. The van der Waals surface area contributed by atoms with Gasteiger partial charge in [0.1, 0.15) is 0 Å². The molecular formula is C11H27NSi. The fourth-order valence-electron chi connectivity index (χ4n) is 1.90. The van der Waals surface area contributed by atoms with Crippen molar-refractivity contribution in [3.05, 3.63) is 0 Å². The van der Waals surface area contributed by atoms with Crippen LogP contribution in [-0.4, -0.2) is 21.2 Å². The van der Waals surface area contributed by atoms with Gasteiger partial charge in [-0.05, 0) is 25.4 Å². The van der Waals surface area contributed by atoms with Gasteiger partial charge in [-0.1, -0.05) is 46.0 Å². The van der Waals surface area contributed by atoms with Crippen LogP contribution in [0.1, 0.15) is 26.7 Å². The average molecular weight is 201 g/mol. The monoisotopic (exact) mass is 201 g/mol. The van der Waals surface area contributed by atoms with Crippen LogP contribution in [0.2, 0.25) is 25.7 Å². The molecule has 80 valence electrons. The van der Waals surface area contributed by atoms with Gasteiger partial charge in [-0.25, -0.2) is 0 Å². The molecule has 0 fully saturated rings. The molecule has 0 radical (unpaired) electrons. The standard InChI is InChI=1S/C11H27NSi/c1-6-8-11(9-12-7-2)10-13(3,4)5/h11-12H,6-10H2,1-5H3. The third-order valence-corrected chi connectivity index (χ3v) is 4.08. The van der Waals surface area contributed by atoms with Crippen LogP contribution in [0.15, 0.2) is 0 Å². The van der Waals surface area contributed by atoms with E-state index in [1.54, 1.807) is 0 Å². The molecule has 0 aliphatic heterocycles. The van der Waals surface area contributed by atoms with E-state index in [-0.39, 0.29) is 0 Å². The summed E-state index contributed by atoms with van der Waals surface area (Å²) in [6.07, 6.45) is 2.73. The molecule has 0 aliphatic carbocycles. The second kappa shape index (κ2) is 6.60. The van der Waals surface area contributed by atoms with E-state index in [0.29, 0.717) is 0 Å². The molecule has 0 aromatic rings. The summed E-state index contributed by atoms with van der Waals surface area (Å²) in [7, 11) is -0.848. The van der Waals surface area contributed by atoms with E-state index in [9.17, 15) is 0 Å². The van der Waals surface area contributed by atoms with Gasteiger partial charge in [-0.15, -0.1) is 0 Å². The summed E-state index contributed by atoms with van der Waals surface area (Å²) >= 11 is 0. The number of hydrogen-bond acceptors (Lipinski definition) is 1. The molecule has 0 aromatic carbocycles. The molecule has 0 amide bonds. The molecule has 1 unspecified atom stereocenters. The highest BCUT2D eigenvalue weighted by Gasteiger charge is 2.19. The summed E-state index contributed by atoms with van der Waals surface area (Å²) in [5, 5.41) is 3.48. The molecule has 0 aliphatic rings. The van der Waals surface area contributed by atoms with Crippen molar-refractivity contribution >= 4 is 8.07 Å². The van der Waals surface area contributed by atoms with Gasteiger partial charge < -0.3 is 5.32 Å². The van der Waals surface area contributed by atoms with Crippen molar-refractivity contribution in [3.63, 3.8) is 0 Å². The maximum absolute atomic E-state index is 3.48. The zero-order valence-electron chi connectivity index (χ0n) is 10.1. The SMILES string of the molecule is CCCC(CNCC)C[Si](C)(C)C. The third-order valence-electron chi connectivity index (χ3n) is 2.28. The molecule has 0 bridgehead atoms. The lowest BCUT2D eigenvalue weighted by Gasteiger charge is -2.24. The number of nitrogens with one attached hydrogen (secondary N) is 1. The lowest BCUT2D eigenvalue weighted by atomic mass is 10.1. The van der Waals surface area contributed by atoms with E-state index >= 15 is 0 Å². The van der Waals surface area contributed by atoms with Gasteiger partial charge in [0.25, 0.3) is 0 Å². The average Bonchev–Trinajstić information content (AvgIpc) is 1.98. The third kappa shape index (κ3) is 8.51. The van der Waals surface area contributed by atoms with Crippen LogP contribution in [0.4, 0.5) is 0 Å². The zero-order valence-corrected chi connectivity index (χ0v) is 11.1. The molecular weight excluding hydrogens is 174 g/mol. The summed E-state index contributed by atoms with van der Waals surface area (Å²) in [5.41, 5.74) is 0.